The van der Waals surface area contributed by atoms with Crippen molar-refractivity contribution in [2.75, 3.05) is 18.4 Å². The Bertz CT molecular complexity index is 1050. The van der Waals surface area contributed by atoms with Crippen molar-refractivity contribution in [1.82, 2.24) is 34.2 Å². The molecule has 0 saturated carbocycles. The highest BCUT2D eigenvalue weighted by molar-refractivity contribution is 5.87. The molecule has 0 spiro atoms. The van der Waals surface area contributed by atoms with Crippen LogP contribution in [0.2, 0.25) is 0 Å². The highest BCUT2D eigenvalue weighted by Crippen LogP contribution is 2.30. The van der Waals surface area contributed by atoms with Gasteiger partial charge >= 0.3 is 0 Å². The summed E-state index contributed by atoms with van der Waals surface area (Å²) in [6, 6.07) is 0.221. The van der Waals surface area contributed by atoms with E-state index in [-0.39, 0.29) is 17.9 Å². The average Bonchev–Trinajstić information content (AvgIpc) is 3.33. The normalized spacial score (nSPS) is 17.1. The Morgan fingerprint density at radius 3 is 2.90 bits per heavy atom. The number of carbonyl (C=O) groups is 1. The van der Waals surface area contributed by atoms with Crippen molar-refractivity contribution in [2.24, 2.45) is 7.05 Å². The van der Waals surface area contributed by atoms with Gasteiger partial charge in [-0.25, -0.2) is 15.0 Å². The summed E-state index contributed by atoms with van der Waals surface area (Å²) in [4.78, 5) is 28.2. The molecule has 3 aromatic rings. The fourth-order valence-electron chi connectivity index (χ4n) is 3.72. The molecule has 1 N–H and O–H groups in total. The molecular weight excluding hydrogens is 368 g/mol. The lowest BCUT2D eigenvalue weighted by atomic mass is 9.97. The molecule has 9 heteroatoms. The Balaban J connectivity index is 1.76. The number of rotatable bonds is 5. The van der Waals surface area contributed by atoms with Crippen LogP contribution in [0, 0.1) is 0 Å². The second-order valence-corrected chi connectivity index (χ2v) is 7.70. The molecule has 0 aromatic carbocycles. The van der Waals surface area contributed by atoms with E-state index in [0.717, 1.165) is 42.1 Å². The first kappa shape index (κ1) is 19.1. The maximum Gasteiger partial charge on any atom is 0.245 e. The topological polar surface area (TPSA) is 93.8 Å². The monoisotopic (exact) mass is 394 g/mol. The van der Waals surface area contributed by atoms with Gasteiger partial charge < -0.3 is 14.8 Å². The van der Waals surface area contributed by atoms with Crippen molar-refractivity contribution in [2.45, 2.75) is 38.6 Å². The molecule has 152 valence electrons. The first-order valence-electron chi connectivity index (χ1n) is 9.87. The van der Waals surface area contributed by atoms with Gasteiger partial charge in [0.2, 0.25) is 5.91 Å². The van der Waals surface area contributed by atoms with Gasteiger partial charge in [0.1, 0.15) is 5.82 Å². The fourth-order valence-corrected chi connectivity index (χ4v) is 3.72. The number of aryl methyl sites for hydroxylation is 1. The number of piperidine rings is 1. The predicted octanol–water partition coefficient (Wildman–Crippen LogP) is 2.78. The maximum absolute atomic E-state index is 12.1. The molecule has 1 amide bonds. The van der Waals surface area contributed by atoms with Crippen LogP contribution in [-0.4, -0.2) is 53.2 Å². The quantitative estimate of drug-likeness (QED) is 0.669. The van der Waals surface area contributed by atoms with E-state index in [0.29, 0.717) is 12.4 Å². The van der Waals surface area contributed by atoms with E-state index in [9.17, 15) is 4.79 Å². The number of nitrogens with one attached hydrogen (secondary N) is 1. The van der Waals surface area contributed by atoms with Crippen molar-refractivity contribution in [3.63, 3.8) is 0 Å². The SMILES string of the molecule is C=CC(=O)N1CCCC(c2nc(Nc3cnn(C)c3)c3ncn(C(C)C)c3n2)C1. The van der Waals surface area contributed by atoms with Crippen LogP contribution < -0.4 is 5.32 Å². The molecule has 1 atom stereocenters. The summed E-state index contributed by atoms with van der Waals surface area (Å²) in [5.74, 6) is 1.41. The van der Waals surface area contributed by atoms with Gasteiger partial charge in [-0.2, -0.15) is 5.10 Å². The Morgan fingerprint density at radius 1 is 1.38 bits per heavy atom. The van der Waals surface area contributed by atoms with Crippen LogP contribution in [0.3, 0.4) is 0 Å². The molecule has 29 heavy (non-hydrogen) atoms. The van der Waals surface area contributed by atoms with Gasteiger partial charge in [0.25, 0.3) is 0 Å². The van der Waals surface area contributed by atoms with Crippen LogP contribution in [0.5, 0.6) is 0 Å². The number of aromatic nitrogens is 6. The molecule has 3 aromatic heterocycles. The van der Waals surface area contributed by atoms with Crippen LogP contribution in [0.1, 0.15) is 44.5 Å². The van der Waals surface area contributed by atoms with Crippen molar-refractivity contribution < 1.29 is 4.79 Å². The molecule has 1 saturated heterocycles. The number of anilines is 2. The van der Waals surface area contributed by atoms with Gasteiger partial charge in [0.15, 0.2) is 17.0 Å². The summed E-state index contributed by atoms with van der Waals surface area (Å²) < 4.78 is 3.78. The third-order valence-electron chi connectivity index (χ3n) is 5.24. The van der Waals surface area contributed by atoms with Gasteiger partial charge in [0.05, 0.1) is 18.2 Å². The Morgan fingerprint density at radius 2 is 2.21 bits per heavy atom. The van der Waals surface area contributed by atoms with Gasteiger partial charge in [-0.3, -0.25) is 9.48 Å². The first-order valence-corrected chi connectivity index (χ1v) is 9.87. The van der Waals surface area contributed by atoms with Crippen molar-refractivity contribution in [3.8, 4) is 0 Å². The van der Waals surface area contributed by atoms with Crippen LogP contribution in [-0.2, 0) is 11.8 Å². The summed E-state index contributed by atoms with van der Waals surface area (Å²) in [5, 5.41) is 7.55. The number of nitrogens with zero attached hydrogens (tertiary/aromatic N) is 7. The van der Waals surface area contributed by atoms with E-state index in [2.05, 4.69) is 35.8 Å². The van der Waals surface area contributed by atoms with Crippen LogP contribution in [0.25, 0.3) is 11.2 Å². The molecule has 1 aliphatic heterocycles. The molecule has 1 fully saturated rings. The maximum atomic E-state index is 12.1. The molecule has 4 heterocycles. The Hall–Kier alpha value is -3.23. The summed E-state index contributed by atoms with van der Waals surface area (Å²) >= 11 is 0. The van der Waals surface area contributed by atoms with E-state index in [4.69, 9.17) is 9.97 Å². The zero-order chi connectivity index (χ0) is 20.5. The molecule has 4 rings (SSSR count). The number of imidazole rings is 1. The molecule has 1 unspecified atom stereocenters. The Labute approximate surface area is 169 Å². The van der Waals surface area contributed by atoms with E-state index in [1.807, 2.05) is 22.7 Å². The van der Waals surface area contributed by atoms with Crippen molar-refractivity contribution in [3.05, 3.63) is 37.2 Å². The van der Waals surface area contributed by atoms with E-state index >= 15 is 0 Å². The molecular formula is C20H26N8O. The standard InChI is InChI=1S/C20H26N8O/c1-5-16(29)27-8-6-7-14(10-27)18-24-19(23-15-9-22-26(4)11-15)17-20(25-18)28(12-21-17)13(2)3/h5,9,11-14H,1,6-8,10H2,2-4H3,(H,23,24,25). The number of carbonyl (C=O) groups excluding carboxylic acids is 1. The minimum Gasteiger partial charge on any atom is -0.338 e. The van der Waals surface area contributed by atoms with Crippen LogP contribution in [0.4, 0.5) is 11.5 Å². The fraction of sp³-hybridized carbons (Fsp3) is 0.450. The van der Waals surface area contributed by atoms with Crippen LogP contribution in [0.15, 0.2) is 31.4 Å². The number of likely N-dealkylation sites (tertiary alicyclic amines) is 1. The molecule has 9 nitrogen and oxygen atoms in total. The van der Waals surface area contributed by atoms with Crippen LogP contribution >= 0.6 is 0 Å². The minimum atomic E-state index is -0.0447. The highest BCUT2D eigenvalue weighted by atomic mass is 16.2. The summed E-state index contributed by atoms with van der Waals surface area (Å²) in [5.41, 5.74) is 2.36. The molecule has 1 aliphatic rings. The number of fused-ring (bicyclic) bond motifs is 1. The summed E-state index contributed by atoms with van der Waals surface area (Å²) in [7, 11) is 1.87. The second-order valence-electron chi connectivity index (χ2n) is 7.70. The second kappa shape index (κ2) is 7.65. The van der Waals surface area contributed by atoms with E-state index < -0.39 is 0 Å². The third kappa shape index (κ3) is 3.72. The molecule has 0 bridgehead atoms. The van der Waals surface area contributed by atoms with Crippen molar-refractivity contribution >= 4 is 28.6 Å². The summed E-state index contributed by atoms with van der Waals surface area (Å²) in [6.07, 6.45) is 8.66. The van der Waals surface area contributed by atoms with E-state index in [1.165, 1.54) is 6.08 Å². The molecule has 0 aliphatic carbocycles. The minimum absolute atomic E-state index is 0.0447. The predicted molar refractivity (Wildman–Crippen MR) is 111 cm³/mol. The highest BCUT2D eigenvalue weighted by Gasteiger charge is 2.27. The number of hydrogen-bond acceptors (Lipinski definition) is 6. The number of amides is 1. The smallest absolute Gasteiger partial charge is 0.245 e. The lowest BCUT2D eigenvalue weighted by Crippen LogP contribution is -2.38. The van der Waals surface area contributed by atoms with E-state index in [1.54, 1.807) is 17.2 Å². The number of hydrogen-bond donors (Lipinski definition) is 1. The van der Waals surface area contributed by atoms with Crippen molar-refractivity contribution in [1.29, 1.82) is 0 Å². The zero-order valence-electron chi connectivity index (χ0n) is 17.0. The third-order valence-corrected chi connectivity index (χ3v) is 5.24. The van der Waals surface area contributed by atoms with Gasteiger partial charge in [-0.05, 0) is 32.8 Å². The largest absolute Gasteiger partial charge is 0.338 e. The Kier molecular flexibility index (Phi) is 5.04. The average molecular weight is 394 g/mol. The summed E-state index contributed by atoms with van der Waals surface area (Å²) in [6.45, 7) is 9.15. The van der Waals surface area contributed by atoms with Gasteiger partial charge in [-0.15, -0.1) is 0 Å². The van der Waals surface area contributed by atoms with Gasteiger partial charge in [-0.1, -0.05) is 6.58 Å². The molecule has 0 radical (unpaired) electrons. The van der Waals surface area contributed by atoms with Gasteiger partial charge in [0, 0.05) is 38.3 Å². The lowest BCUT2D eigenvalue weighted by Gasteiger charge is -2.31. The first-order chi connectivity index (χ1) is 14.0. The zero-order valence-corrected chi connectivity index (χ0v) is 17.0. The lowest BCUT2D eigenvalue weighted by molar-refractivity contribution is -0.127.